The fourth-order valence-electron chi connectivity index (χ4n) is 4.98. The Balaban J connectivity index is 0.000000232. The van der Waals surface area contributed by atoms with Crippen LogP contribution in [0.2, 0.25) is 0 Å². The van der Waals surface area contributed by atoms with Crippen molar-refractivity contribution in [1.29, 1.82) is 0 Å². The number of nitrogens with one attached hydrogen (secondary N) is 3. The van der Waals surface area contributed by atoms with E-state index in [2.05, 4.69) is 42.5 Å². The molecule has 10 heteroatoms. The molecule has 5 rings (SSSR count). The Morgan fingerprint density at radius 2 is 1.48 bits per heavy atom. The molecule has 10 nitrogen and oxygen atoms in total. The molecule has 2 unspecified atom stereocenters. The van der Waals surface area contributed by atoms with Gasteiger partial charge < -0.3 is 39.4 Å². The minimum Gasteiger partial charge on any atom is -0.489 e. The molecular formula is C40H51N3O7. The van der Waals surface area contributed by atoms with Crippen molar-refractivity contribution < 1.29 is 28.5 Å². The number of H-pyrrole nitrogens is 1. The van der Waals surface area contributed by atoms with E-state index in [4.69, 9.17) is 18.6 Å². The fraction of sp³-hybridized carbons (Fsp3) is 0.400. The average Bonchev–Trinajstić information content (AvgIpc) is 3.45. The molecule has 0 radical (unpaired) electrons. The molecular weight excluding hydrogens is 634 g/mol. The van der Waals surface area contributed by atoms with E-state index in [-0.39, 0.29) is 30.3 Å². The van der Waals surface area contributed by atoms with Crippen LogP contribution in [-0.2, 0) is 4.74 Å². The van der Waals surface area contributed by atoms with Crippen molar-refractivity contribution in [3.63, 3.8) is 0 Å². The number of aryl methyl sites for hydroxylation is 2. The molecule has 0 aliphatic heterocycles. The number of aromatic nitrogens is 1. The third kappa shape index (κ3) is 11.8. The molecule has 0 saturated heterocycles. The number of hydrogen-bond donors (Lipinski definition) is 4. The minimum absolute atomic E-state index is 0.0652. The normalized spacial score (nSPS) is 13.0. The second-order valence-electron chi connectivity index (χ2n) is 14.5. The Labute approximate surface area is 294 Å². The zero-order chi connectivity index (χ0) is 36.5. The van der Waals surface area contributed by atoms with E-state index < -0.39 is 17.8 Å². The highest BCUT2D eigenvalue weighted by molar-refractivity contribution is 5.89. The molecule has 3 aromatic carbocycles. The van der Waals surface area contributed by atoms with Gasteiger partial charge in [0.2, 0.25) is 0 Å². The van der Waals surface area contributed by atoms with Crippen molar-refractivity contribution in [2.24, 2.45) is 0 Å². The number of aliphatic hydroxyl groups is 1. The van der Waals surface area contributed by atoms with Crippen LogP contribution in [0.5, 0.6) is 11.5 Å². The Hall–Kier alpha value is -4.64. The number of aromatic amines is 1. The van der Waals surface area contributed by atoms with Gasteiger partial charge in [-0.2, -0.15) is 0 Å². The Bertz CT molecular complexity index is 1900. The van der Waals surface area contributed by atoms with Gasteiger partial charge in [0.25, 0.3) is 0 Å². The highest BCUT2D eigenvalue weighted by Crippen LogP contribution is 2.28. The summed E-state index contributed by atoms with van der Waals surface area (Å²) in [6.45, 7) is 17.6. The summed E-state index contributed by atoms with van der Waals surface area (Å²) in [6, 6.07) is 23.7. The predicted molar refractivity (Wildman–Crippen MR) is 198 cm³/mol. The molecule has 0 aliphatic rings. The van der Waals surface area contributed by atoms with Gasteiger partial charge in [0.15, 0.2) is 11.3 Å². The van der Waals surface area contributed by atoms with E-state index in [1.54, 1.807) is 24.3 Å². The summed E-state index contributed by atoms with van der Waals surface area (Å²) >= 11 is 0. The maximum atomic E-state index is 12.5. The van der Waals surface area contributed by atoms with E-state index in [0.29, 0.717) is 30.0 Å². The van der Waals surface area contributed by atoms with Crippen molar-refractivity contribution in [3.05, 3.63) is 106 Å². The lowest BCUT2D eigenvalue weighted by Gasteiger charge is -2.25. The van der Waals surface area contributed by atoms with Gasteiger partial charge in [-0.05, 0) is 103 Å². The van der Waals surface area contributed by atoms with Crippen LogP contribution < -0.4 is 25.7 Å². The van der Waals surface area contributed by atoms with Crippen molar-refractivity contribution in [3.8, 4) is 11.5 Å². The Morgan fingerprint density at radius 1 is 0.800 bits per heavy atom. The molecule has 0 fully saturated rings. The van der Waals surface area contributed by atoms with Crippen LogP contribution in [0.4, 0.5) is 0 Å². The van der Waals surface area contributed by atoms with E-state index >= 15 is 0 Å². The minimum atomic E-state index is -0.647. The fourth-order valence-corrected chi connectivity index (χ4v) is 4.98. The van der Waals surface area contributed by atoms with Gasteiger partial charge in [0, 0.05) is 52.2 Å². The van der Waals surface area contributed by atoms with Crippen LogP contribution in [0.15, 0.2) is 88.1 Å². The summed E-state index contributed by atoms with van der Waals surface area (Å²) in [7, 11) is 0. The number of hydrogen-bond acceptors (Lipinski definition) is 9. The van der Waals surface area contributed by atoms with Crippen molar-refractivity contribution in [2.75, 3.05) is 26.3 Å². The largest absolute Gasteiger partial charge is 0.489 e. The van der Waals surface area contributed by atoms with Crippen LogP contribution >= 0.6 is 0 Å². The SMILES string of the molecule is Cc1cc2c(OCC(CNC(C)(C)C)OC(=O)c3ccccc3)cccc2[nH]1.Cc1ccc(OCC(O)CNC(C)(C)C)c2oc(=O)ccc12. The van der Waals surface area contributed by atoms with Gasteiger partial charge in [-0.3, -0.25) is 0 Å². The van der Waals surface area contributed by atoms with Crippen LogP contribution in [0.3, 0.4) is 0 Å². The maximum absolute atomic E-state index is 12.5. The van der Waals surface area contributed by atoms with Gasteiger partial charge >= 0.3 is 11.6 Å². The summed E-state index contributed by atoms with van der Waals surface area (Å²) in [6.07, 6.45) is -1.06. The predicted octanol–water partition coefficient (Wildman–Crippen LogP) is 6.70. The molecule has 0 bridgehead atoms. The first-order valence-electron chi connectivity index (χ1n) is 16.9. The summed E-state index contributed by atoms with van der Waals surface area (Å²) in [5, 5.41) is 18.4. The molecule has 2 atom stereocenters. The smallest absolute Gasteiger partial charge is 0.338 e. The number of aliphatic hydroxyl groups excluding tert-OH is 1. The number of esters is 1. The molecule has 2 aromatic heterocycles. The van der Waals surface area contributed by atoms with Crippen molar-refractivity contribution >= 4 is 27.8 Å². The van der Waals surface area contributed by atoms with E-state index in [9.17, 15) is 14.7 Å². The van der Waals surface area contributed by atoms with Crippen molar-refractivity contribution in [2.45, 2.75) is 78.7 Å². The molecule has 0 amide bonds. The molecule has 0 aliphatic carbocycles. The molecule has 5 aromatic rings. The second-order valence-corrected chi connectivity index (χ2v) is 14.5. The van der Waals surface area contributed by atoms with Crippen molar-refractivity contribution in [1.82, 2.24) is 15.6 Å². The van der Waals surface area contributed by atoms with Gasteiger partial charge in [-0.15, -0.1) is 0 Å². The second kappa shape index (κ2) is 16.8. The van der Waals surface area contributed by atoms with Crippen LogP contribution in [0, 0.1) is 13.8 Å². The van der Waals surface area contributed by atoms with E-state index in [0.717, 1.165) is 33.3 Å². The number of carbonyl (C=O) groups excluding carboxylic acids is 1. The summed E-state index contributed by atoms with van der Waals surface area (Å²) in [5.41, 5.74) is 3.49. The van der Waals surface area contributed by atoms with E-state index in [1.165, 1.54) is 6.07 Å². The Kier molecular flexibility index (Phi) is 12.9. The summed E-state index contributed by atoms with van der Waals surface area (Å²) in [4.78, 5) is 27.2. The van der Waals surface area contributed by atoms with Gasteiger partial charge in [0.05, 0.1) is 5.56 Å². The summed E-state index contributed by atoms with van der Waals surface area (Å²) in [5.74, 6) is 0.895. The quantitative estimate of drug-likeness (QED) is 0.0836. The first-order chi connectivity index (χ1) is 23.6. The number of fused-ring (bicyclic) bond motifs is 2. The van der Waals surface area contributed by atoms with Gasteiger partial charge in [-0.1, -0.05) is 30.3 Å². The average molecular weight is 686 g/mol. The standard InChI is InChI=1S/C23H28N2O3.C17H23NO4/c1-16-13-19-20(25-16)11-8-12-21(19)27-15-18(14-24-23(2,3)4)28-22(26)17-9-6-5-7-10-17;1-11-5-7-14(16-13(11)6-8-15(20)22-16)21-10-12(19)9-18-17(2,3)4/h5-13,18,24-25H,14-15H2,1-4H3;5-8,12,18-19H,9-10H2,1-4H3. The molecule has 268 valence electrons. The number of ether oxygens (including phenoxy) is 3. The molecule has 50 heavy (non-hydrogen) atoms. The molecule has 0 spiro atoms. The number of benzene rings is 3. The van der Waals surface area contributed by atoms with Crippen LogP contribution in [-0.4, -0.2) is 65.6 Å². The number of rotatable bonds is 12. The highest BCUT2D eigenvalue weighted by Gasteiger charge is 2.21. The lowest BCUT2D eigenvalue weighted by Crippen LogP contribution is -2.44. The topological polar surface area (TPSA) is 135 Å². The third-order valence-corrected chi connectivity index (χ3v) is 7.59. The Morgan fingerprint density at radius 3 is 2.18 bits per heavy atom. The lowest BCUT2D eigenvalue weighted by atomic mass is 10.1. The first-order valence-corrected chi connectivity index (χ1v) is 16.9. The molecule has 2 heterocycles. The molecule has 0 saturated carbocycles. The zero-order valence-corrected chi connectivity index (χ0v) is 30.4. The molecule has 4 N–H and O–H groups in total. The summed E-state index contributed by atoms with van der Waals surface area (Å²) < 4.78 is 22.7. The van der Waals surface area contributed by atoms with Gasteiger partial charge in [0.1, 0.15) is 31.2 Å². The van der Waals surface area contributed by atoms with E-state index in [1.807, 2.05) is 77.1 Å². The van der Waals surface area contributed by atoms with Gasteiger partial charge in [-0.25, -0.2) is 9.59 Å². The zero-order valence-electron chi connectivity index (χ0n) is 30.4. The lowest BCUT2D eigenvalue weighted by molar-refractivity contribution is 0.0163. The monoisotopic (exact) mass is 685 g/mol. The number of β-amino-alcohol motifs (C(OH)–C–C–N with tert-alkyl or cyclic N) is 1. The maximum Gasteiger partial charge on any atom is 0.338 e. The highest BCUT2D eigenvalue weighted by atomic mass is 16.6. The third-order valence-electron chi connectivity index (χ3n) is 7.59. The first kappa shape index (κ1) is 38.2. The van der Waals surface area contributed by atoms with Crippen LogP contribution in [0.25, 0.3) is 21.9 Å². The van der Waals surface area contributed by atoms with Crippen LogP contribution in [0.1, 0.15) is 63.2 Å². The number of carbonyl (C=O) groups is 1.